The van der Waals surface area contributed by atoms with Crippen molar-refractivity contribution in [2.45, 2.75) is 64.7 Å². The molecule has 4 nitrogen and oxygen atoms in total. The van der Waals surface area contributed by atoms with Gasteiger partial charge in [-0.3, -0.25) is 4.79 Å². The molecule has 4 heteroatoms. The fourth-order valence-electron chi connectivity index (χ4n) is 5.06. The predicted octanol–water partition coefficient (Wildman–Crippen LogP) is 4.42. The van der Waals surface area contributed by atoms with Gasteiger partial charge in [-0.05, 0) is 47.3 Å². The Morgan fingerprint density at radius 3 is 2.81 bits per heavy atom. The molecule has 1 saturated carbocycles. The average Bonchev–Trinajstić information content (AvgIpc) is 2.61. The molecule has 0 bridgehead atoms. The SMILES string of the molecule is CC(C)c1ccc2c(c1)C(=O)C[C@H]1[C@](C)(/C=N/OCCN)CCC[C@]21C. The Labute approximate surface area is 157 Å². The molecule has 1 aromatic rings. The van der Waals surface area contributed by atoms with Crippen LogP contribution in [0.3, 0.4) is 0 Å². The third-order valence-electron chi connectivity index (χ3n) is 6.62. The van der Waals surface area contributed by atoms with Gasteiger partial charge in [-0.25, -0.2) is 0 Å². The van der Waals surface area contributed by atoms with Gasteiger partial charge in [-0.2, -0.15) is 0 Å². The predicted molar refractivity (Wildman–Crippen MR) is 106 cm³/mol. The van der Waals surface area contributed by atoms with Crippen LogP contribution in [0.25, 0.3) is 0 Å². The van der Waals surface area contributed by atoms with Gasteiger partial charge in [0, 0.05) is 30.2 Å². The topological polar surface area (TPSA) is 64.7 Å². The molecule has 2 aliphatic carbocycles. The maximum Gasteiger partial charge on any atom is 0.163 e. The van der Waals surface area contributed by atoms with E-state index in [0.29, 0.717) is 25.5 Å². The Balaban J connectivity index is 1.99. The van der Waals surface area contributed by atoms with E-state index in [1.54, 1.807) is 0 Å². The third-order valence-corrected chi connectivity index (χ3v) is 6.62. The lowest BCUT2D eigenvalue weighted by molar-refractivity contribution is 0.0594. The number of fused-ring (bicyclic) bond motifs is 3. The molecule has 0 amide bonds. The summed E-state index contributed by atoms with van der Waals surface area (Å²) in [5.74, 6) is 0.954. The minimum Gasteiger partial charge on any atom is -0.395 e. The highest BCUT2D eigenvalue weighted by molar-refractivity contribution is 6.00. The maximum atomic E-state index is 13.0. The van der Waals surface area contributed by atoms with Crippen molar-refractivity contribution in [1.29, 1.82) is 0 Å². The van der Waals surface area contributed by atoms with Crippen LogP contribution in [-0.4, -0.2) is 25.1 Å². The summed E-state index contributed by atoms with van der Waals surface area (Å²) in [7, 11) is 0. The number of hydrogen-bond donors (Lipinski definition) is 1. The van der Waals surface area contributed by atoms with E-state index in [1.807, 2.05) is 6.21 Å². The van der Waals surface area contributed by atoms with Crippen molar-refractivity contribution in [2.24, 2.45) is 22.2 Å². The van der Waals surface area contributed by atoms with Crippen LogP contribution in [0, 0.1) is 11.3 Å². The van der Waals surface area contributed by atoms with Gasteiger partial charge >= 0.3 is 0 Å². The number of hydrogen-bond acceptors (Lipinski definition) is 4. The molecular weight excluding hydrogens is 324 g/mol. The molecule has 1 aromatic carbocycles. The highest BCUT2D eigenvalue weighted by Gasteiger charge is 2.53. The Morgan fingerprint density at radius 1 is 1.35 bits per heavy atom. The zero-order chi connectivity index (χ0) is 18.9. The number of carbonyl (C=O) groups excluding carboxylic acids is 1. The zero-order valence-corrected chi connectivity index (χ0v) is 16.5. The largest absolute Gasteiger partial charge is 0.395 e. The molecule has 0 heterocycles. The maximum absolute atomic E-state index is 13.0. The van der Waals surface area contributed by atoms with Crippen molar-refractivity contribution in [3.63, 3.8) is 0 Å². The molecule has 0 unspecified atom stereocenters. The van der Waals surface area contributed by atoms with Crippen LogP contribution in [0.5, 0.6) is 0 Å². The minimum absolute atomic E-state index is 0.00560. The van der Waals surface area contributed by atoms with Gasteiger partial charge in [0.15, 0.2) is 5.78 Å². The first-order valence-electron chi connectivity index (χ1n) is 9.86. The molecule has 3 atom stereocenters. The van der Waals surface area contributed by atoms with E-state index in [4.69, 9.17) is 10.6 Å². The standard InChI is InChI=1S/C22H32N2O2/c1-15(2)16-6-7-18-17(12-16)19(25)13-20-21(3,14-24-26-11-10-23)8-5-9-22(18,20)4/h6-7,12,14-15,20H,5,8-11,13,23H2,1-4H3/b24-14+/t20-,21-,22+/m0/s1. The lowest BCUT2D eigenvalue weighted by Crippen LogP contribution is -2.51. The molecule has 0 radical (unpaired) electrons. The van der Waals surface area contributed by atoms with Gasteiger partial charge in [0.1, 0.15) is 6.61 Å². The lowest BCUT2D eigenvalue weighted by atomic mass is 9.50. The van der Waals surface area contributed by atoms with E-state index in [0.717, 1.165) is 24.8 Å². The number of benzene rings is 1. The van der Waals surface area contributed by atoms with Crippen molar-refractivity contribution in [3.05, 3.63) is 34.9 Å². The first-order chi connectivity index (χ1) is 12.3. The molecule has 26 heavy (non-hydrogen) atoms. The Kier molecular flexibility index (Phi) is 5.25. The Bertz CT molecular complexity index is 712. The van der Waals surface area contributed by atoms with E-state index in [2.05, 4.69) is 51.0 Å². The molecule has 2 aliphatic rings. The Morgan fingerprint density at radius 2 is 2.12 bits per heavy atom. The Hall–Kier alpha value is -1.68. The van der Waals surface area contributed by atoms with Gasteiger partial charge in [0.05, 0.1) is 0 Å². The summed E-state index contributed by atoms with van der Waals surface area (Å²) >= 11 is 0. The van der Waals surface area contributed by atoms with Gasteiger partial charge in [-0.1, -0.05) is 51.4 Å². The van der Waals surface area contributed by atoms with Crippen molar-refractivity contribution in [2.75, 3.05) is 13.2 Å². The van der Waals surface area contributed by atoms with Crippen molar-refractivity contribution in [1.82, 2.24) is 0 Å². The van der Waals surface area contributed by atoms with Gasteiger partial charge < -0.3 is 10.6 Å². The molecule has 2 N–H and O–H groups in total. The number of nitrogens with zero attached hydrogens (tertiary/aromatic N) is 1. The molecule has 0 spiro atoms. The number of carbonyl (C=O) groups is 1. The number of nitrogens with two attached hydrogens (primary N) is 1. The fourth-order valence-corrected chi connectivity index (χ4v) is 5.06. The van der Waals surface area contributed by atoms with Crippen molar-refractivity contribution in [3.8, 4) is 0 Å². The van der Waals surface area contributed by atoms with E-state index in [9.17, 15) is 4.79 Å². The monoisotopic (exact) mass is 356 g/mol. The molecule has 0 aromatic heterocycles. The summed E-state index contributed by atoms with van der Waals surface area (Å²) in [5, 5.41) is 4.18. The summed E-state index contributed by atoms with van der Waals surface area (Å²) in [4.78, 5) is 18.3. The second-order valence-corrected chi connectivity index (χ2v) is 8.77. The second kappa shape index (κ2) is 7.15. The van der Waals surface area contributed by atoms with Crippen LogP contribution >= 0.6 is 0 Å². The highest BCUT2D eigenvalue weighted by Crippen LogP contribution is 2.56. The number of Topliss-reactive ketones (excluding diaryl/α,β-unsaturated/α-hetero) is 1. The molecule has 0 aliphatic heterocycles. The van der Waals surface area contributed by atoms with Crippen molar-refractivity contribution < 1.29 is 9.63 Å². The quantitative estimate of drug-likeness (QED) is 0.482. The van der Waals surface area contributed by atoms with Gasteiger partial charge in [0.25, 0.3) is 0 Å². The molecule has 0 saturated heterocycles. The van der Waals surface area contributed by atoms with E-state index in [1.165, 1.54) is 11.1 Å². The minimum atomic E-state index is -0.133. The summed E-state index contributed by atoms with van der Waals surface area (Å²) in [6, 6.07) is 6.55. The summed E-state index contributed by atoms with van der Waals surface area (Å²) in [6.07, 6.45) is 5.81. The number of oxime groups is 1. The highest BCUT2D eigenvalue weighted by atomic mass is 16.6. The molecule has 1 fully saturated rings. The summed E-state index contributed by atoms with van der Waals surface area (Å²) < 4.78 is 0. The van der Waals surface area contributed by atoms with E-state index < -0.39 is 0 Å². The van der Waals surface area contributed by atoms with E-state index in [-0.39, 0.29) is 22.5 Å². The van der Waals surface area contributed by atoms with Crippen LogP contribution < -0.4 is 5.73 Å². The van der Waals surface area contributed by atoms with Crippen LogP contribution in [0.2, 0.25) is 0 Å². The van der Waals surface area contributed by atoms with Gasteiger partial charge in [0.2, 0.25) is 0 Å². The third kappa shape index (κ3) is 3.20. The number of ketones is 1. The average molecular weight is 357 g/mol. The summed E-state index contributed by atoms with van der Waals surface area (Å²) in [5.41, 5.74) is 8.75. The van der Waals surface area contributed by atoms with Crippen molar-refractivity contribution >= 4 is 12.0 Å². The smallest absolute Gasteiger partial charge is 0.163 e. The molecular formula is C22H32N2O2. The first kappa shape index (κ1) is 19.1. The molecule has 142 valence electrons. The lowest BCUT2D eigenvalue weighted by Gasteiger charge is -2.53. The van der Waals surface area contributed by atoms with Crippen LogP contribution in [0.15, 0.2) is 23.4 Å². The fraction of sp³-hybridized carbons (Fsp3) is 0.636. The van der Waals surface area contributed by atoms with Crippen LogP contribution in [-0.2, 0) is 10.3 Å². The van der Waals surface area contributed by atoms with Crippen LogP contribution in [0.1, 0.15) is 80.8 Å². The molecule has 3 rings (SSSR count). The zero-order valence-electron chi connectivity index (χ0n) is 16.5. The van der Waals surface area contributed by atoms with Crippen LogP contribution in [0.4, 0.5) is 0 Å². The summed E-state index contributed by atoms with van der Waals surface area (Å²) in [6.45, 7) is 9.80. The van der Waals surface area contributed by atoms with Gasteiger partial charge in [-0.15, -0.1) is 0 Å². The number of rotatable bonds is 5. The first-order valence-corrected chi connectivity index (χ1v) is 9.86. The second-order valence-electron chi connectivity index (χ2n) is 8.77. The van der Waals surface area contributed by atoms with E-state index >= 15 is 0 Å². The normalized spacial score (nSPS) is 31.2.